The first-order valence-electron chi connectivity index (χ1n) is 5.20. The summed E-state index contributed by atoms with van der Waals surface area (Å²) in [5, 5.41) is 8.88. The number of hydrogen-bond acceptors (Lipinski definition) is 2. The SMILES string of the molecule is C=C(N)C1(CC(=O)O)C[C@H]2CC[C@H]2C1. The van der Waals surface area contributed by atoms with Crippen LogP contribution < -0.4 is 5.73 Å². The zero-order chi connectivity index (χ0) is 10.3. The van der Waals surface area contributed by atoms with Crippen LogP contribution in [0.15, 0.2) is 12.3 Å². The Hall–Kier alpha value is -0.990. The molecule has 0 aromatic carbocycles. The Morgan fingerprint density at radius 2 is 1.93 bits per heavy atom. The van der Waals surface area contributed by atoms with Crippen LogP contribution >= 0.6 is 0 Å². The van der Waals surface area contributed by atoms with Gasteiger partial charge in [0.15, 0.2) is 0 Å². The van der Waals surface area contributed by atoms with Gasteiger partial charge in [-0.2, -0.15) is 0 Å². The highest BCUT2D eigenvalue weighted by Gasteiger charge is 2.50. The van der Waals surface area contributed by atoms with Gasteiger partial charge in [-0.1, -0.05) is 6.58 Å². The van der Waals surface area contributed by atoms with Crippen LogP contribution in [0.5, 0.6) is 0 Å². The fraction of sp³-hybridized carbons (Fsp3) is 0.727. The molecule has 14 heavy (non-hydrogen) atoms. The van der Waals surface area contributed by atoms with Gasteiger partial charge in [0.25, 0.3) is 0 Å². The normalized spacial score (nSPS) is 40.0. The summed E-state index contributed by atoms with van der Waals surface area (Å²) in [7, 11) is 0. The molecule has 2 rings (SSSR count). The van der Waals surface area contributed by atoms with Crippen molar-refractivity contribution < 1.29 is 9.90 Å². The minimum Gasteiger partial charge on any atom is -0.481 e. The van der Waals surface area contributed by atoms with Crippen LogP contribution in [0.2, 0.25) is 0 Å². The quantitative estimate of drug-likeness (QED) is 0.721. The number of allylic oxidation sites excluding steroid dienone is 1. The van der Waals surface area contributed by atoms with Crippen LogP contribution in [0.25, 0.3) is 0 Å². The Labute approximate surface area is 84.0 Å². The van der Waals surface area contributed by atoms with Gasteiger partial charge in [0, 0.05) is 11.1 Å². The van der Waals surface area contributed by atoms with E-state index in [0.717, 1.165) is 24.7 Å². The largest absolute Gasteiger partial charge is 0.481 e. The fourth-order valence-corrected chi connectivity index (χ4v) is 3.07. The summed E-state index contributed by atoms with van der Waals surface area (Å²) in [4.78, 5) is 10.8. The van der Waals surface area contributed by atoms with Crippen LogP contribution in [0, 0.1) is 17.3 Å². The zero-order valence-electron chi connectivity index (χ0n) is 8.33. The van der Waals surface area contributed by atoms with Gasteiger partial charge >= 0.3 is 5.97 Å². The minimum atomic E-state index is -0.752. The molecule has 0 heterocycles. The van der Waals surface area contributed by atoms with Crippen LogP contribution in [0.4, 0.5) is 0 Å². The van der Waals surface area contributed by atoms with Gasteiger partial charge in [-0.05, 0) is 37.5 Å². The molecule has 2 saturated carbocycles. The zero-order valence-corrected chi connectivity index (χ0v) is 8.33. The van der Waals surface area contributed by atoms with E-state index in [-0.39, 0.29) is 11.8 Å². The lowest BCUT2D eigenvalue weighted by atomic mass is 9.77. The number of nitrogens with two attached hydrogens (primary N) is 1. The predicted octanol–water partition coefficient (Wildman–Crippen LogP) is 1.74. The summed E-state index contributed by atoms with van der Waals surface area (Å²) in [5.41, 5.74) is 6.06. The van der Waals surface area contributed by atoms with Gasteiger partial charge in [0.2, 0.25) is 0 Å². The third-order valence-corrected chi connectivity index (χ3v) is 4.05. The molecule has 78 valence electrons. The van der Waals surface area contributed by atoms with E-state index in [2.05, 4.69) is 6.58 Å². The van der Waals surface area contributed by atoms with Crippen molar-refractivity contribution in [2.24, 2.45) is 23.0 Å². The topological polar surface area (TPSA) is 63.3 Å². The molecule has 0 aromatic heterocycles. The lowest BCUT2D eigenvalue weighted by molar-refractivity contribution is -0.139. The Kier molecular flexibility index (Phi) is 2.05. The number of fused-ring (bicyclic) bond motifs is 1. The van der Waals surface area contributed by atoms with E-state index in [1.54, 1.807) is 0 Å². The van der Waals surface area contributed by atoms with Crippen molar-refractivity contribution in [3.05, 3.63) is 12.3 Å². The summed E-state index contributed by atoms with van der Waals surface area (Å²) >= 11 is 0. The van der Waals surface area contributed by atoms with Crippen molar-refractivity contribution in [3.63, 3.8) is 0 Å². The molecule has 3 N–H and O–H groups in total. The van der Waals surface area contributed by atoms with Gasteiger partial charge in [-0.25, -0.2) is 0 Å². The Morgan fingerprint density at radius 1 is 1.43 bits per heavy atom. The second-order valence-corrected chi connectivity index (χ2v) is 4.88. The molecule has 0 bridgehead atoms. The average molecular weight is 195 g/mol. The van der Waals surface area contributed by atoms with Crippen LogP contribution in [0.3, 0.4) is 0 Å². The maximum absolute atomic E-state index is 10.8. The first kappa shape index (κ1) is 9.56. The molecule has 2 fully saturated rings. The molecule has 3 heteroatoms. The molecule has 2 aliphatic rings. The van der Waals surface area contributed by atoms with Gasteiger partial charge in [-0.3, -0.25) is 4.79 Å². The fourth-order valence-electron chi connectivity index (χ4n) is 3.07. The average Bonchev–Trinajstić information content (AvgIpc) is 2.28. The minimum absolute atomic E-state index is 0.162. The van der Waals surface area contributed by atoms with Crippen molar-refractivity contribution >= 4 is 5.97 Å². The molecular weight excluding hydrogens is 178 g/mol. The number of carbonyl (C=O) groups is 1. The molecule has 3 nitrogen and oxygen atoms in total. The maximum Gasteiger partial charge on any atom is 0.304 e. The number of rotatable bonds is 3. The summed E-state index contributed by atoms with van der Waals surface area (Å²) in [6.07, 6.45) is 4.55. The molecule has 1 unspecified atom stereocenters. The van der Waals surface area contributed by atoms with E-state index in [1.165, 1.54) is 12.8 Å². The Bertz CT molecular complexity index is 273. The molecule has 0 amide bonds. The third-order valence-electron chi connectivity index (χ3n) is 4.05. The summed E-state index contributed by atoms with van der Waals surface area (Å²) < 4.78 is 0. The van der Waals surface area contributed by atoms with Crippen LogP contribution in [0.1, 0.15) is 32.1 Å². The molecular formula is C11H17NO2. The number of hydrogen-bond donors (Lipinski definition) is 2. The second-order valence-electron chi connectivity index (χ2n) is 4.88. The molecule has 0 saturated heterocycles. The van der Waals surface area contributed by atoms with Gasteiger partial charge < -0.3 is 10.8 Å². The first-order chi connectivity index (χ1) is 6.53. The van der Waals surface area contributed by atoms with Crippen LogP contribution in [-0.2, 0) is 4.79 Å². The third kappa shape index (κ3) is 1.31. The second kappa shape index (κ2) is 3.01. The van der Waals surface area contributed by atoms with Gasteiger partial charge in [-0.15, -0.1) is 0 Å². The monoisotopic (exact) mass is 195 g/mol. The van der Waals surface area contributed by atoms with Crippen molar-refractivity contribution in [3.8, 4) is 0 Å². The van der Waals surface area contributed by atoms with Crippen LogP contribution in [-0.4, -0.2) is 11.1 Å². The summed E-state index contributed by atoms with van der Waals surface area (Å²) in [6, 6.07) is 0. The van der Waals surface area contributed by atoms with Crippen molar-refractivity contribution in [2.45, 2.75) is 32.1 Å². The van der Waals surface area contributed by atoms with E-state index in [0.29, 0.717) is 5.70 Å². The molecule has 0 aromatic rings. The first-order valence-corrected chi connectivity index (χ1v) is 5.20. The number of aliphatic carboxylic acids is 1. The highest BCUT2D eigenvalue weighted by Crippen LogP contribution is 2.58. The van der Waals surface area contributed by atoms with Crippen molar-refractivity contribution in [1.29, 1.82) is 0 Å². The highest BCUT2D eigenvalue weighted by atomic mass is 16.4. The van der Waals surface area contributed by atoms with E-state index in [9.17, 15) is 4.79 Å². The summed E-state index contributed by atoms with van der Waals surface area (Å²) in [6.45, 7) is 3.77. The van der Waals surface area contributed by atoms with Crippen molar-refractivity contribution in [2.75, 3.05) is 0 Å². The lowest BCUT2D eigenvalue weighted by Gasteiger charge is -2.29. The highest BCUT2D eigenvalue weighted by molar-refractivity contribution is 5.68. The predicted molar refractivity (Wildman–Crippen MR) is 53.5 cm³/mol. The van der Waals surface area contributed by atoms with Crippen molar-refractivity contribution in [1.82, 2.24) is 0 Å². The van der Waals surface area contributed by atoms with E-state index >= 15 is 0 Å². The van der Waals surface area contributed by atoms with E-state index < -0.39 is 5.97 Å². The standard InChI is InChI=1S/C11H17NO2/c1-7(12)11(6-10(13)14)4-8-2-3-9(8)5-11/h8-9H,1-6,12H2,(H,13,14)/t8-,9+,11?. The van der Waals surface area contributed by atoms with E-state index in [4.69, 9.17) is 10.8 Å². The Morgan fingerprint density at radius 3 is 2.21 bits per heavy atom. The molecule has 3 atom stereocenters. The molecule has 2 aliphatic carbocycles. The summed E-state index contributed by atoms with van der Waals surface area (Å²) in [5.74, 6) is 0.683. The van der Waals surface area contributed by atoms with Gasteiger partial charge in [0.1, 0.15) is 0 Å². The van der Waals surface area contributed by atoms with Gasteiger partial charge in [0.05, 0.1) is 6.42 Å². The van der Waals surface area contributed by atoms with E-state index in [1.807, 2.05) is 0 Å². The maximum atomic E-state index is 10.8. The molecule has 0 spiro atoms. The Balaban J connectivity index is 2.15. The number of carboxylic acid groups (broad SMARTS) is 1. The number of carboxylic acids is 1. The lowest BCUT2D eigenvalue weighted by Crippen LogP contribution is -2.27. The molecule has 0 radical (unpaired) electrons. The molecule has 0 aliphatic heterocycles. The smallest absolute Gasteiger partial charge is 0.304 e.